The topological polar surface area (TPSA) is 46.5 Å². The molecule has 4 nitrogen and oxygen atoms in total. The lowest BCUT2D eigenvalue weighted by Gasteiger charge is -2.26. The van der Waals surface area contributed by atoms with Crippen LogP contribution in [0.3, 0.4) is 0 Å². The van der Waals surface area contributed by atoms with Crippen LogP contribution in [0.2, 0.25) is 0 Å². The third-order valence-corrected chi connectivity index (χ3v) is 2.18. The largest absolute Gasteiger partial charge is 0.463 e. The number of carbonyl (C=O) groups excluding carboxylic acids is 1. The molecule has 0 fully saturated rings. The molecule has 0 aromatic carbocycles. The number of ether oxygens (including phenoxy) is 1. The highest BCUT2D eigenvalue weighted by Gasteiger charge is 2.16. The van der Waals surface area contributed by atoms with Crippen molar-refractivity contribution in [3.05, 3.63) is 0 Å². The Kier molecular flexibility index (Phi) is 7.34. The number of esters is 1. The van der Waals surface area contributed by atoms with Crippen molar-refractivity contribution >= 4 is 5.97 Å². The van der Waals surface area contributed by atoms with E-state index in [0.717, 1.165) is 19.3 Å². The first kappa shape index (κ1) is 15.4. The number of likely N-dealkylation sites (N-methyl/N-ethyl adjacent to an activating group) is 1. The third-order valence-electron chi connectivity index (χ3n) is 2.18. The molecule has 0 aromatic heterocycles. The average molecular weight is 232 g/mol. The minimum atomic E-state index is -0.574. The second-order valence-corrected chi connectivity index (χ2v) is 5.27. The predicted molar refractivity (Wildman–Crippen MR) is 64.0 cm³/mol. The number of aliphatic hydroxyl groups excluding tert-OH is 1. The molecule has 0 bridgehead atoms. The van der Waals surface area contributed by atoms with E-state index < -0.39 is 6.10 Å². The van der Waals surface area contributed by atoms with Gasteiger partial charge < -0.3 is 14.3 Å². The van der Waals surface area contributed by atoms with Crippen LogP contribution in [0.4, 0.5) is 0 Å². The minimum Gasteiger partial charge on any atom is -0.463 e. The van der Waals surface area contributed by atoms with E-state index in [1.807, 2.05) is 21.1 Å². The summed E-state index contributed by atoms with van der Waals surface area (Å²) in [7, 11) is 5.98. The van der Waals surface area contributed by atoms with Crippen LogP contribution in [0, 0.1) is 0 Å². The Morgan fingerprint density at radius 2 is 1.94 bits per heavy atom. The van der Waals surface area contributed by atoms with Crippen LogP contribution in [0.25, 0.3) is 0 Å². The van der Waals surface area contributed by atoms with E-state index in [4.69, 9.17) is 4.74 Å². The molecule has 4 heteroatoms. The monoisotopic (exact) mass is 232 g/mol. The van der Waals surface area contributed by atoms with Gasteiger partial charge in [-0.2, -0.15) is 0 Å². The molecule has 16 heavy (non-hydrogen) atoms. The lowest BCUT2D eigenvalue weighted by atomic mass is 10.2. The van der Waals surface area contributed by atoms with Crippen LogP contribution >= 0.6 is 0 Å². The summed E-state index contributed by atoms with van der Waals surface area (Å²) < 4.78 is 5.66. The smallest absolute Gasteiger partial charge is 0.305 e. The van der Waals surface area contributed by atoms with Crippen molar-refractivity contribution in [3.63, 3.8) is 0 Å². The first-order chi connectivity index (χ1) is 7.35. The molecule has 0 aliphatic carbocycles. The number of carbonyl (C=O) groups is 1. The van der Waals surface area contributed by atoms with Gasteiger partial charge in [-0.05, 0) is 6.42 Å². The van der Waals surface area contributed by atoms with Gasteiger partial charge in [-0.15, -0.1) is 0 Å². The zero-order valence-electron chi connectivity index (χ0n) is 11.0. The predicted octanol–water partition coefficient (Wildman–Crippen LogP) is 1.18. The highest BCUT2D eigenvalue weighted by molar-refractivity contribution is 5.69. The van der Waals surface area contributed by atoms with E-state index in [0.29, 0.717) is 17.4 Å². The van der Waals surface area contributed by atoms with E-state index in [1.165, 1.54) is 0 Å². The van der Waals surface area contributed by atoms with Crippen LogP contribution in [0.5, 0.6) is 0 Å². The summed E-state index contributed by atoms with van der Waals surface area (Å²) in [4.78, 5) is 11.2. The molecule has 0 spiro atoms. The molecule has 0 radical (unpaired) electrons. The van der Waals surface area contributed by atoms with Crippen LogP contribution < -0.4 is 0 Å². The fourth-order valence-electron chi connectivity index (χ4n) is 1.47. The number of quaternary nitrogens is 1. The maximum absolute atomic E-state index is 11.2. The molecular formula is C12H26NO3+. The molecule has 0 heterocycles. The molecule has 1 atom stereocenters. The number of hydrogen-bond donors (Lipinski definition) is 1. The summed E-state index contributed by atoms with van der Waals surface area (Å²) in [6, 6.07) is 0. The van der Waals surface area contributed by atoms with Crippen LogP contribution in [-0.4, -0.2) is 56.0 Å². The Morgan fingerprint density at radius 1 is 1.31 bits per heavy atom. The van der Waals surface area contributed by atoms with E-state index in [1.54, 1.807) is 0 Å². The Morgan fingerprint density at radius 3 is 2.44 bits per heavy atom. The second-order valence-electron chi connectivity index (χ2n) is 5.27. The standard InChI is InChI=1S/C12H26NO3/c1-5-6-7-8-12(15)16-10-11(14)9-13(2,3)4/h11,14H,5-10H2,1-4H3/q+1. The summed E-state index contributed by atoms with van der Waals surface area (Å²) in [6.07, 6.45) is 2.91. The van der Waals surface area contributed by atoms with Crippen LogP contribution in [0.15, 0.2) is 0 Å². The number of rotatable bonds is 8. The van der Waals surface area contributed by atoms with Crippen LogP contribution in [0.1, 0.15) is 32.6 Å². The van der Waals surface area contributed by atoms with Gasteiger partial charge in [0.1, 0.15) is 19.3 Å². The van der Waals surface area contributed by atoms with Crippen molar-refractivity contribution in [2.24, 2.45) is 0 Å². The SMILES string of the molecule is CCCCCC(=O)OCC(O)C[N+](C)(C)C. The number of hydrogen-bond acceptors (Lipinski definition) is 3. The van der Waals surface area contributed by atoms with Crippen molar-refractivity contribution in [1.29, 1.82) is 0 Å². The maximum Gasteiger partial charge on any atom is 0.305 e. The highest BCUT2D eigenvalue weighted by Crippen LogP contribution is 2.02. The molecule has 0 saturated carbocycles. The van der Waals surface area contributed by atoms with Gasteiger partial charge in [0, 0.05) is 6.42 Å². The Bertz CT molecular complexity index is 199. The summed E-state index contributed by atoms with van der Waals surface area (Å²) in [5.74, 6) is -0.200. The van der Waals surface area contributed by atoms with Gasteiger partial charge in [-0.3, -0.25) is 4.79 Å². The molecule has 0 rings (SSSR count). The Hall–Kier alpha value is -0.610. The van der Waals surface area contributed by atoms with E-state index in [2.05, 4.69) is 6.92 Å². The summed E-state index contributed by atoms with van der Waals surface area (Å²) in [5, 5.41) is 9.61. The van der Waals surface area contributed by atoms with Crippen molar-refractivity contribution in [1.82, 2.24) is 0 Å². The molecule has 0 amide bonds. The minimum absolute atomic E-state index is 0.112. The summed E-state index contributed by atoms with van der Waals surface area (Å²) in [6.45, 7) is 2.79. The zero-order chi connectivity index (χ0) is 12.6. The first-order valence-corrected chi connectivity index (χ1v) is 5.99. The van der Waals surface area contributed by atoms with E-state index in [-0.39, 0.29) is 12.6 Å². The molecule has 96 valence electrons. The molecule has 0 aromatic rings. The fourth-order valence-corrected chi connectivity index (χ4v) is 1.47. The van der Waals surface area contributed by atoms with Gasteiger partial charge in [0.25, 0.3) is 0 Å². The van der Waals surface area contributed by atoms with E-state index in [9.17, 15) is 9.90 Å². The van der Waals surface area contributed by atoms with Gasteiger partial charge in [0.2, 0.25) is 0 Å². The molecule has 0 aliphatic heterocycles. The summed E-state index contributed by atoms with van der Waals surface area (Å²) >= 11 is 0. The van der Waals surface area contributed by atoms with Gasteiger partial charge in [-0.25, -0.2) is 0 Å². The van der Waals surface area contributed by atoms with Gasteiger partial charge in [-0.1, -0.05) is 19.8 Å². The first-order valence-electron chi connectivity index (χ1n) is 5.99. The molecule has 1 unspecified atom stereocenters. The molecular weight excluding hydrogens is 206 g/mol. The van der Waals surface area contributed by atoms with Crippen molar-refractivity contribution in [2.45, 2.75) is 38.7 Å². The lowest BCUT2D eigenvalue weighted by Crippen LogP contribution is -2.43. The quantitative estimate of drug-likeness (QED) is 0.388. The number of unbranched alkanes of at least 4 members (excludes halogenated alkanes) is 2. The van der Waals surface area contributed by atoms with E-state index >= 15 is 0 Å². The van der Waals surface area contributed by atoms with Crippen LogP contribution in [-0.2, 0) is 9.53 Å². The van der Waals surface area contributed by atoms with Gasteiger partial charge >= 0.3 is 5.97 Å². The van der Waals surface area contributed by atoms with Crippen molar-refractivity contribution in [2.75, 3.05) is 34.3 Å². The molecule has 0 saturated heterocycles. The van der Waals surface area contributed by atoms with Crippen molar-refractivity contribution < 1.29 is 19.1 Å². The third kappa shape index (κ3) is 9.93. The van der Waals surface area contributed by atoms with Crippen molar-refractivity contribution in [3.8, 4) is 0 Å². The zero-order valence-corrected chi connectivity index (χ0v) is 11.0. The number of nitrogens with zero attached hydrogens (tertiary/aromatic N) is 1. The van der Waals surface area contributed by atoms with Gasteiger partial charge in [0.05, 0.1) is 21.1 Å². The Balaban J connectivity index is 3.59. The summed E-state index contributed by atoms with van der Waals surface area (Å²) in [5.41, 5.74) is 0. The van der Waals surface area contributed by atoms with Gasteiger partial charge in [0.15, 0.2) is 0 Å². The molecule has 1 N–H and O–H groups in total. The maximum atomic E-state index is 11.2. The fraction of sp³-hybridized carbons (Fsp3) is 0.917. The molecule has 0 aliphatic rings. The normalized spacial score (nSPS) is 13.6. The average Bonchev–Trinajstić information content (AvgIpc) is 2.12. The lowest BCUT2D eigenvalue weighted by molar-refractivity contribution is -0.873. The second kappa shape index (κ2) is 7.63. The highest BCUT2D eigenvalue weighted by atomic mass is 16.5. The number of aliphatic hydroxyl groups is 1. The Labute approximate surface area is 98.8 Å².